The topological polar surface area (TPSA) is 66.8 Å². The van der Waals surface area contributed by atoms with Crippen LogP contribution in [0.2, 0.25) is 5.02 Å². The minimum absolute atomic E-state index is 0.115. The molecule has 0 aliphatic heterocycles. The van der Waals surface area contributed by atoms with Gasteiger partial charge in [-0.3, -0.25) is 4.79 Å². The third-order valence-corrected chi connectivity index (χ3v) is 3.76. The van der Waals surface area contributed by atoms with Crippen molar-refractivity contribution >= 4 is 17.6 Å². The summed E-state index contributed by atoms with van der Waals surface area (Å²) in [6.07, 6.45) is 1.52. The number of rotatable bonds is 3. The van der Waals surface area contributed by atoms with Gasteiger partial charge in [-0.1, -0.05) is 18.0 Å². The Hall–Kier alpha value is -1.49. The number of hydrogen-bond acceptors (Lipinski definition) is 3. The molecular weight excluding hydrogens is 263 g/mol. The van der Waals surface area contributed by atoms with Gasteiger partial charge < -0.3 is 14.9 Å². The minimum Gasteiger partial charge on any atom is -0.504 e. The van der Waals surface area contributed by atoms with Crippen LogP contribution in [-0.2, 0) is 10.2 Å². The fourth-order valence-corrected chi connectivity index (χ4v) is 2.47. The van der Waals surface area contributed by atoms with E-state index in [-0.39, 0.29) is 10.6 Å². The highest BCUT2D eigenvalue weighted by Crippen LogP contribution is 2.51. The summed E-state index contributed by atoms with van der Waals surface area (Å²) >= 11 is 5.70. The number of aliphatic carboxylic acids is 1. The summed E-state index contributed by atoms with van der Waals surface area (Å²) in [5.74, 6) is -2.83. The van der Waals surface area contributed by atoms with Gasteiger partial charge in [0.1, 0.15) is 0 Å². The summed E-state index contributed by atoms with van der Waals surface area (Å²) in [6.45, 7) is 0. The Morgan fingerprint density at radius 2 is 2.17 bits per heavy atom. The van der Waals surface area contributed by atoms with E-state index in [0.29, 0.717) is 12.8 Å². The molecule has 0 radical (unpaired) electrons. The van der Waals surface area contributed by atoms with Gasteiger partial charge in [-0.15, -0.1) is 0 Å². The minimum atomic E-state index is -1.19. The van der Waals surface area contributed by atoms with Crippen LogP contribution in [0.1, 0.15) is 24.8 Å². The molecule has 6 heteroatoms. The van der Waals surface area contributed by atoms with Crippen molar-refractivity contribution in [3.8, 4) is 11.5 Å². The van der Waals surface area contributed by atoms with Crippen LogP contribution in [0.5, 0.6) is 11.5 Å². The lowest BCUT2D eigenvalue weighted by molar-refractivity contribution is -0.147. The normalized spacial score (nSPS) is 17.1. The number of halogens is 2. The zero-order valence-electron chi connectivity index (χ0n) is 9.67. The van der Waals surface area contributed by atoms with E-state index < -0.39 is 28.7 Å². The maximum atomic E-state index is 13.6. The van der Waals surface area contributed by atoms with E-state index in [4.69, 9.17) is 16.3 Å². The molecule has 0 heterocycles. The second-order valence-electron chi connectivity index (χ2n) is 4.34. The number of aromatic hydroxyl groups is 1. The van der Waals surface area contributed by atoms with Gasteiger partial charge in [0.2, 0.25) is 0 Å². The van der Waals surface area contributed by atoms with Crippen LogP contribution in [0.25, 0.3) is 0 Å². The lowest BCUT2D eigenvalue weighted by Crippen LogP contribution is -2.42. The van der Waals surface area contributed by atoms with E-state index in [9.17, 15) is 19.4 Å². The molecule has 2 rings (SSSR count). The number of benzene rings is 1. The van der Waals surface area contributed by atoms with Crippen molar-refractivity contribution in [2.75, 3.05) is 7.11 Å². The maximum Gasteiger partial charge on any atom is 0.314 e. The lowest BCUT2D eigenvalue weighted by Gasteiger charge is -2.38. The van der Waals surface area contributed by atoms with Crippen molar-refractivity contribution < 1.29 is 24.1 Å². The SMILES string of the molecule is COc1c(O)c(C2(C(=O)O)CCC2)cc(Cl)c1F. The second-order valence-corrected chi connectivity index (χ2v) is 4.75. The average Bonchev–Trinajstić information content (AvgIpc) is 2.24. The molecule has 0 bridgehead atoms. The second kappa shape index (κ2) is 4.31. The first-order valence-corrected chi connectivity index (χ1v) is 5.80. The Kier molecular flexibility index (Phi) is 3.11. The average molecular weight is 275 g/mol. The first-order chi connectivity index (χ1) is 8.44. The van der Waals surface area contributed by atoms with Crippen molar-refractivity contribution in [3.63, 3.8) is 0 Å². The highest BCUT2D eigenvalue weighted by molar-refractivity contribution is 6.31. The molecular formula is C12H12ClFO4. The number of ether oxygens (including phenoxy) is 1. The van der Waals surface area contributed by atoms with Gasteiger partial charge in [0.25, 0.3) is 0 Å². The summed E-state index contributed by atoms with van der Waals surface area (Å²) < 4.78 is 18.3. The standard InChI is InChI=1S/C12H12ClFO4/c1-18-10-8(14)7(13)5-6(9(10)15)12(11(16)17)3-2-4-12/h5,15H,2-4H2,1H3,(H,16,17). The van der Waals surface area contributed by atoms with Crippen LogP contribution >= 0.6 is 11.6 Å². The van der Waals surface area contributed by atoms with Gasteiger partial charge in [0.05, 0.1) is 17.5 Å². The van der Waals surface area contributed by atoms with Gasteiger partial charge in [-0.2, -0.15) is 0 Å². The zero-order valence-corrected chi connectivity index (χ0v) is 10.4. The van der Waals surface area contributed by atoms with Crippen LogP contribution < -0.4 is 4.74 Å². The third kappa shape index (κ3) is 1.61. The number of carboxylic acids is 1. The van der Waals surface area contributed by atoms with Crippen molar-refractivity contribution in [2.24, 2.45) is 0 Å². The van der Waals surface area contributed by atoms with Gasteiger partial charge in [0, 0.05) is 5.56 Å². The monoisotopic (exact) mass is 274 g/mol. The van der Waals surface area contributed by atoms with Gasteiger partial charge >= 0.3 is 5.97 Å². The number of hydrogen-bond donors (Lipinski definition) is 2. The molecule has 0 atom stereocenters. The summed E-state index contributed by atoms with van der Waals surface area (Å²) in [5, 5.41) is 19.0. The molecule has 1 saturated carbocycles. The number of methoxy groups -OCH3 is 1. The van der Waals surface area contributed by atoms with Crippen molar-refractivity contribution in [2.45, 2.75) is 24.7 Å². The molecule has 2 N–H and O–H groups in total. The molecule has 1 aromatic carbocycles. The lowest BCUT2D eigenvalue weighted by atomic mass is 9.64. The van der Waals surface area contributed by atoms with E-state index in [0.717, 1.165) is 6.42 Å². The van der Waals surface area contributed by atoms with Crippen LogP contribution in [0, 0.1) is 5.82 Å². The first kappa shape index (κ1) is 13.0. The number of phenols is 1. The maximum absolute atomic E-state index is 13.6. The van der Waals surface area contributed by atoms with Gasteiger partial charge in [-0.05, 0) is 18.9 Å². The molecule has 0 saturated heterocycles. The molecule has 98 valence electrons. The highest BCUT2D eigenvalue weighted by atomic mass is 35.5. The Bertz CT molecular complexity index is 511. The predicted octanol–water partition coefficient (Wildman–Crippen LogP) is 2.70. The summed E-state index contributed by atoms with van der Waals surface area (Å²) in [5.41, 5.74) is -1.07. The molecule has 18 heavy (non-hydrogen) atoms. The van der Waals surface area contributed by atoms with Gasteiger partial charge in [-0.25, -0.2) is 4.39 Å². The molecule has 0 amide bonds. The fraction of sp³-hybridized carbons (Fsp3) is 0.417. The van der Waals surface area contributed by atoms with E-state index in [2.05, 4.69) is 0 Å². The summed E-state index contributed by atoms with van der Waals surface area (Å²) in [4.78, 5) is 11.4. The predicted molar refractivity (Wildman–Crippen MR) is 62.8 cm³/mol. The molecule has 1 aliphatic rings. The fourth-order valence-electron chi connectivity index (χ4n) is 2.27. The van der Waals surface area contributed by atoms with E-state index in [1.165, 1.54) is 13.2 Å². The van der Waals surface area contributed by atoms with Crippen LogP contribution in [0.4, 0.5) is 4.39 Å². The molecule has 0 aromatic heterocycles. The number of carbonyl (C=O) groups is 1. The van der Waals surface area contributed by atoms with E-state index >= 15 is 0 Å². The number of phenolic OH excluding ortho intramolecular Hbond substituents is 1. The Balaban J connectivity index is 2.65. The largest absolute Gasteiger partial charge is 0.504 e. The van der Waals surface area contributed by atoms with Crippen molar-refractivity contribution in [3.05, 3.63) is 22.5 Å². The van der Waals surface area contributed by atoms with E-state index in [1.807, 2.05) is 0 Å². The van der Waals surface area contributed by atoms with Crippen LogP contribution in [0.3, 0.4) is 0 Å². The third-order valence-electron chi connectivity index (χ3n) is 3.49. The molecule has 1 fully saturated rings. The quantitative estimate of drug-likeness (QED) is 0.889. The molecule has 1 aliphatic carbocycles. The van der Waals surface area contributed by atoms with Crippen molar-refractivity contribution in [1.29, 1.82) is 0 Å². The summed E-state index contributed by atoms with van der Waals surface area (Å²) in [7, 11) is 1.19. The van der Waals surface area contributed by atoms with Crippen LogP contribution in [-0.4, -0.2) is 23.3 Å². The Morgan fingerprint density at radius 3 is 2.56 bits per heavy atom. The molecule has 4 nitrogen and oxygen atoms in total. The van der Waals surface area contributed by atoms with Crippen LogP contribution in [0.15, 0.2) is 6.07 Å². The highest BCUT2D eigenvalue weighted by Gasteiger charge is 2.48. The molecule has 0 spiro atoms. The molecule has 0 unspecified atom stereocenters. The van der Waals surface area contributed by atoms with Crippen molar-refractivity contribution in [1.82, 2.24) is 0 Å². The zero-order chi connectivity index (χ0) is 13.5. The smallest absolute Gasteiger partial charge is 0.314 e. The Morgan fingerprint density at radius 1 is 1.56 bits per heavy atom. The summed E-state index contributed by atoms with van der Waals surface area (Å²) in [6, 6.07) is 1.17. The number of carboxylic acid groups (broad SMARTS) is 1. The van der Waals surface area contributed by atoms with E-state index in [1.54, 1.807) is 0 Å². The van der Waals surface area contributed by atoms with Gasteiger partial charge in [0.15, 0.2) is 17.3 Å². The first-order valence-electron chi connectivity index (χ1n) is 5.43. The Labute approximate surface area is 108 Å². The molecule has 1 aromatic rings.